The number of esters is 1. The molecule has 6 saturated carbocycles. The van der Waals surface area contributed by atoms with Gasteiger partial charge in [0.15, 0.2) is 9.84 Å². The highest BCUT2D eigenvalue weighted by atomic mass is 32.2. The molecule has 7 aliphatic rings. The monoisotopic (exact) mass is 805 g/mol. The third kappa shape index (κ3) is 7.08. The average Bonchev–Trinajstić information content (AvgIpc) is 3.72. The molecule has 314 valence electrons. The molecule has 1 heterocycles. The standard InChI is InChI=1S/C45H76N2O6S2/c1-39(2,38(49)50)28-36(48)53-35-14-16-42(6)33(40(35,3)4)13-17-44(8)34(42)11-10-32-37-31(41(5)19-20-41)12-18-45(37,22-21-43(32,44)7)46-29-30(15-25-54-9)47-23-26-55(51,52)27-24-47/h30-35,37,46H,10-29H2,1-9H3,(H,49,50)/t30-,31-,32-,33+,34-,35+,37-,42+,43-,44-,45+/m1/s1. The Morgan fingerprint density at radius 1 is 0.855 bits per heavy atom. The van der Waals surface area contributed by atoms with Crippen molar-refractivity contribution in [1.82, 2.24) is 10.2 Å². The van der Waals surface area contributed by atoms with Crippen LogP contribution in [0.5, 0.6) is 0 Å². The fourth-order valence-corrected chi connectivity index (χ4v) is 16.9. The lowest BCUT2D eigenvalue weighted by Crippen LogP contribution is -2.69. The first-order chi connectivity index (χ1) is 25.6. The maximum Gasteiger partial charge on any atom is 0.309 e. The van der Waals surface area contributed by atoms with Gasteiger partial charge in [-0.15, -0.1) is 0 Å². The largest absolute Gasteiger partial charge is 0.481 e. The van der Waals surface area contributed by atoms with Crippen LogP contribution in [0.15, 0.2) is 0 Å². The molecule has 6 aliphatic carbocycles. The van der Waals surface area contributed by atoms with E-state index in [1.165, 1.54) is 57.8 Å². The second-order valence-corrected chi connectivity index (χ2v) is 25.6. The minimum absolute atomic E-state index is 0.101. The third-order valence-corrected chi connectivity index (χ3v) is 21.2. The number of carboxylic acids is 1. The zero-order valence-electron chi connectivity index (χ0n) is 35.9. The highest BCUT2D eigenvalue weighted by Gasteiger charge is 2.72. The van der Waals surface area contributed by atoms with Crippen molar-refractivity contribution >= 4 is 33.5 Å². The molecule has 0 aromatic heterocycles. The number of rotatable bonds is 12. The van der Waals surface area contributed by atoms with Crippen molar-refractivity contribution < 1.29 is 27.9 Å². The van der Waals surface area contributed by atoms with Gasteiger partial charge in [-0.3, -0.25) is 14.5 Å². The molecular weight excluding hydrogens is 729 g/mol. The summed E-state index contributed by atoms with van der Waals surface area (Å²) in [5, 5.41) is 14.1. The number of fused-ring (bicyclic) bond motifs is 7. The lowest BCUT2D eigenvalue weighted by atomic mass is 9.32. The van der Waals surface area contributed by atoms with Crippen molar-refractivity contribution in [2.45, 2.75) is 163 Å². The predicted molar refractivity (Wildman–Crippen MR) is 223 cm³/mol. The van der Waals surface area contributed by atoms with E-state index in [9.17, 15) is 23.1 Å². The molecule has 1 saturated heterocycles. The van der Waals surface area contributed by atoms with Gasteiger partial charge in [-0.1, -0.05) is 41.5 Å². The summed E-state index contributed by atoms with van der Waals surface area (Å²) in [6, 6.07) is 0.381. The van der Waals surface area contributed by atoms with Crippen molar-refractivity contribution in [2.24, 2.45) is 62.1 Å². The number of nitrogens with zero attached hydrogens (tertiary/aromatic N) is 1. The van der Waals surface area contributed by atoms with E-state index in [4.69, 9.17) is 4.74 Å². The molecule has 0 aromatic rings. The molecule has 7 rings (SSSR count). The molecule has 10 heteroatoms. The first-order valence-corrected chi connectivity index (χ1v) is 25.4. The number of aliphatic carboxylic acids is 1. The Bertz CT molecular complexity index is 1580. The van der Waals surface area contributed by atoms with E-state index in [1.54, 1.807) is 13.8 Å². The molecule has 0 radical (unpaired) electrons. The molecule has 0 bridgehead atoms. The zero-order chi connectivity index (χ0) is 40.0. The molecule has 11 atom stereocenters. The maximum absolute atomic E-state index is 13.2. The van der Waals surface area contributed by atoms with E-state index in [1.807, 2.05) is 11.8 Å². The van der Waals surface area contributed by atoms with Gasteiger partial charge in [0.05, 0.1) is 23.3 Å². The van der Waals surface area contributed by atoms with Crippen LogP contribution in [0, 0.1) is 62.1 Å². The highest BCUT2D eigenvalue weighted by Crippen LogP contribution is 2.77. The van der Waals surface area contributed by atoms with Crippen LogP contribution >= 0.6 is 11.8 Å². The molecule has 0 amide bonds. The third-order valence-electron chi connectivity index (χ3n) is 19.0. The number of ether oxygens (including phenoxy) is 1. The van der Waals surface area contributed by atoms with Gasteiger partial charge < -0.3 is 15.2 Å². The van der Waals surface area contributed by atoms with E-state index < -0.39 is 21.2 Å². The normalized spacial score (nSPS) is 43.6. The maximum atomic E-state index is 13.2. The quantitative estimate of drug-likeness (QED) is 0.188. The van der Waals surface area contributed by atoms with Crippen LogP contribution in [-0.2, 0) is 24.2 Å². The van der Waals surface area contributed by atoms with E-state index in [2.05, 4.69) is 58.0 Å². The van der Waals surface area contributed by atoms with Gasteiger partial charge in [0.2, 0.25) is 0 Å². The van der Waals surface area contributed by atoms with Gasteiger partial charge in [0, 0.05) is 36.6 Å². The smallest absolute Gasteiger partial charge is 0.309 e. The van der Waals surface area contributed by atoms with Gasteiger partial charge >= 0.3 is 11.9 Å². The lowest BCUT2D eigenvalue weighted by molar-refractivity contribution is -0.248. The fraction of sp³-hybridized carbons (Fsp3) is 0.956. The van der Waals surface area contributed by atoms with Crippen LogP contribution < -0.4 is 5.32 Å². The van der Waals surface area contributed by atoms with Crippen LogP contribution in [-0.4, -0.2) is 91.2 Å². The van der Waals surface area contributed by atoms with Crippen molar-refractivity contribution in [1.29, 1.82) is 0 Å². The van der Waals surface area contributed by atoms with E-state index in [-0.39, 0.29) is 45.7 Å². The second kappa shape index (κ2) is 14.4. The molecular formula is C45H76N2O6S2. The Morgan fingerprint density at radius 3 is 2.18 bits per heavy atom. The number of sulfone groups is 1. The van der Waals surface area contributed by atoms with Crippen LogP contribution in [0.3, 0.4) is 0 Å². The van der Waals surface area contributed by atoms with Gasteiger partial charge in [-0.05, 0) is 161 Å². The predicted octanol–water partition coefficient (Wildman–Crippen LogP) is 8.47. The second-order valence-electron chi connectivity index (χ2n) is 22.4. The summed E-state index contributed by atoms with van der Waals surface area (Å²) in [6.07, 6.45) is 17.8. The topological polar surface area (TPSA) is 113 Å². The molecule has 8 nitrogen and oxygen atoms in total. The lowest BCUT2D eigenvalue weighted by Gasteiger charge is -2.73. The van der Waals surface area contributed by atoms with Gasteiger partial charge in [0.1, 0.15) is 6.10 Å². The Labute approximate surface area is 338 Å². The summed E-state index contributed by atoms with van der Waals surface area (Å²) in [5.74, 6) is 3.60. The summed E-state index contributed by atoms with van der Waals surface area (Å²) in [5.41, 5.74) is 0.0189. The molecule has 1 aliphatic heterocycles. The van der Waals surface area contributed by atoms with Crippen LogP contribution in [0.25, 0.3) is 0 Å². The number of thioether (sulfide) groups is 1. The SMILES string of the molecule is CSCC[C@H](CN[C@]12CC[C@@H](C3(C)CC3)[C@@H]1[C@H]1CC[C@@H]3[C@@]4(C)CC[C@H](OC(=O)CC(C)(C)C(=O)O)C(C)(C)[C@@H]4CC[C@@]3(C)[C@]1(C)CC2)N1CCS(=O)(=O)CC1. The molecule has 0 aromatic carbocycles. The number of carbonyl (C=O) groups excluding carboxylic acids is 1. The first kappa shape index (κ1) is 42.3. The minimum Gasteiger partial charge on any atom is -0.481 e. The van der Waals surface area contributed by atoms with Crippen LogP contribution in [0.2, 0.25) is 0 Å². The highest BCUT2D eigenvalue weighted by molar-refractivity contribution is 7.98. The van der Waals surface area contributed by atoms with Gasteiger partial charge in [0.25, 0.3) is 0 Å². The first-order valence-electron chi connectivity index (χ1n) is 22.2. The number of carbonyl (C=O) groups is 2. The summed E-state index contributed by atoms with van der Waals surface area (Å²) >= 11 is 1.91. The van der Waals surface area contributed by atoms with Crippen LogP contribution in [0.4, 0.5) is 0 Å². The van der Waals surface area contributed by atoms with Gasteiger partial charge in [-0.2, -0.15) is 11.8 Å². The van der Waals surface area contributed by atoms with Crippen molar-refractivity contribution in [3.63, 3.8) is 0 Å². The Morgan fingerprint density at radius 2 is 1.55 bits per heavy atom. The Kier molecular flexibility index (Phi) is 11.1. The number of hydrogen-bond acceptors (Lipinski definition) is 8. The van der Waals surface area contributed by atoms with E-state index in [0.717, 1.165) is 43.9 Å². The molecule has 55 heavy (non-hydrogen) atoms. The minimum atomic E-state index is -2.91. The molecule has 0 unspecified atom stereocenters. The van der Waals surface area contributed by atoms with Crippen LogP contribution in [0.1, 0.15) is 145 Å². The van der Waals surface area contributed by atoms with E-state index in [0.29, 0.717) is 59.7 Å². The van der Waals surface area contributed by atoms with Gasteiger partial charge in [-0.25, -0.2) is 8.42 Å². The summed E-state index contributed by atoms with van der Waals surface area (Å²) < 4.78 is 31.0. The van der Waals surface area contributed by atoms with E-state index >= 15 is 0 Å². The summed E-state index contributed by atoms with van der Waals surface area (Å²) in [4.78, 5) is 27.5. The number of carboxylic acid groups (broad SMARTS) is 1. The summed E-state index contributed by atoms with van der Waals surface area (Å²) in [6.45, 7) is 20.9. The Balaban J connectivity index is 1.12. The number of hydrogen-bond donors (Lipinski definition) is 2. The number of nitrogens with one attached hydrogen (secondary N) is 1. The molecule has 0 spiro atoms. The van der Waals surface area contributed by atoms with Crippen molar-refractivity contribution in [2.75, 3.05) is 43.1 Å². The van der Waals surface area contributed by atoms with Crippen molar-refractivity contribution in [3.05, 3.63) is 0 Å². The Hall–Kier alpha value is -0.840. The zero-order valence-corrected chi connectivity index (χ0v) is 37.6. The summed E-state index contributed by atoms with van der Waals surface area (Å²) in [7, 11) is -2.91. The van der Waals surface area contributed by atoms with Crippen molar-refractivity contribution in [3.8, 4) is 0 Å². The fourth-order valence-electron chi connectivity index (χ4n) is 15.2. The molecule has 7 fully saturated rings. The average molecular weight is 805 g/mol. The molecule has 2 N–H and O–H groups in total.